The van der Waals surface area contributed by atoms with Gasteiger partial charge < -0.3 is 9.47 Å². The number of benzene rings is 1. The molecular formula is C14H19FO3. The highest BCUT2D eigenvalue weighted by molar-refractivity contribution is 5.97. The highest BCUT2D eigenvalue weighted by Crippen LogP contribution is 2.16. The summed E-state index contributed by atoms with van der Waals surface area (Å²) >= 11 is 0. The summed E-state index contributed by atoms with van der Waals surface area (Å²) in [6.45, 7) is 6.40. The van der Waals surface area contributed by atoms with Gasteiger partial charge in [0.05, 0.1) is 5.92 Å². The van der Waals surface area contributed by atoms with E-state index in [2.05, 4.69) is 0 Å². The molecule has 1 rings (SSSR count). The Morgan fingerprint density at radius 1 is 1.17 bits per heavy atom. The zero-order chi connectivity index (χ0) is 13.5. The number of hydrogen-bond acceptors (Lipinski definition) is 3. The van der Waals surface area contributed by atoms with Crippen molar-refractivity contribution in [3.05, 3.63) is 35.6 Å². The van der Waals surface area contributed by atoms with Crippen LogP contribution in [-0.4, -0.2) is 25.3 Å². The molecule has 0 fully saturated rings. The molecule has 0 heterocycles. The molecule has 0 bridgehead atoms. The molecule has 1 aromatic carbocycles. The average molecular weight is 254 g/mol. The van der Waals surface area contributed by atoms with Gasteiger partial charge in [0.1, 0.15) is 5.82 Å². The molecule has 100 valence electrons. The highest BCUT2D eigenvalue weighted by atomic mass is 19.1. The maximum Gasteiger partial charge on any atom is 0.170 e. The molecular weight excluding hydrogens is 235 g/mol. The first kappa shape index (κ1) is 14.8. The minimum absolute atomic E-state index is 0.109. The van der Waals surface area contributed by atoms with E-state index in [4.69, 9.17) is 9.47 Å². The fraction of sp³-hybridized carbons (Fsp3) is 0.500. The number of ketones is 1. The Morgan fingerprint density at radius 3 is 2.11 bits per heavy atom. The van der Waals surface area contributed by atoms with Crippen LogP contribution in [0.5, 0.6) is 0 Å². The lowest BCUT2D eigenvalue weighted by molar-refractivity contribution is -0.154. The fourth-order valence-electron chi connectivity index (χ4n) is 1.67. The van der Waals surface area contributed by atoms with E-state index >= 15 is 0 Å². The Bertz CT molecular complexity index is 369. The van der Waals surface area contributed by atoms with Crippen LogP contribution < -0.4 is 0 Å². The van der Waals surface area contributed by atoms with Crippen LogP contribution in [0.25, 0.3) is 0 Å². The quantitative estimate of drug-likeness (QED) is 0.554. The van der Waals surface area contributed by atoms with Gasteiger partial charge in [0.2, 0.25) is 0 Å². The third-order valence-electron chi connectivity index (χ3n) is 2.61. The summed E-state index contributed by atoms with van der Waals surface area (Å²) in [5.74, 6) is -0.886. The van der Waals surface area contributed by atoms with Crippen LogP contribution in [0.15, 0.2) is 24.3 Å². The fourth-order valence-corrected chi connectivity index (χ4v) is 1.67. The van der Waals surface area contributed by atoms with Crippen molar-refractivity contribution in [2.24, 2.45) is 5.92 Å². The Hall–Kier alpha value is -1.26. The van der Waals surface area contributed by atoms with Gasteiger partial charge in [-0.1, -0.05) is 6.92 Å². The second kappa shape index (κ2) is 7.24. The average Bonchev–Trinajstić information content (AvgIpc) is 2.38. The monoisotopic (exact) mass is 254 g/mol. The molecule has 0 aliphatic heterocycles. The normalized spacial score (nSPS) is 12.7. The van der Waals surface area contributed by atoms with Gasteiger partial charge in [-0.2, -0.15) is 0 Å². The number of carbonyl (C=O) groups excluding carboxylic acids is 1. The van der Waals surface area contributed by atoms with Crippen LogP contribution in [0.3, 0.4) is 0 Å². The Labute approximate surface area is 107 Å². The smallest absolute Gasteiger partial charge is 0.170 e. The molecule has 0 aliphatic carbocycles. The number of hydrogen-bond donors (Lipinski definition) is 0. The zero-order valence-corrected chi connectivity index (χ0v) is 11.0. The summed E-state index contributed by atoms with van der Waals surface area (Å²) in [5.41, 5.74) is 0.466. The topological polar surface area (TPSA) is 35.5 Å². The van der Waals surface area contributed by atoms with Crippen molar-refractivity contribution in [2.75, 3.05) is 13.2 Å². The van der Waals surface area contributed by atoms with Crippen molar-refractivity contribution in [1.82, 2.24) is 0 Å². The number of halogens is 1. The summed E-state index contributed by atoms with van der Waals surface area (Å²) in [6, 6.07) is 5.50. The molecule has 0 N–H and O–H groups in total. The molecule has 0 amide bonds. The van der Waals surface area contributed by atoms with Crippen molar-refractivity contribution in [3.8, 4) is 0 Å². The van der Waals surface area contributed by atoms with Crippen molar-refractivity contribution < 1.29 is 18.7 Å². The van der Waals surface area contributed by atoms with E-state index in [1.165, 1.54) is 24.3 Å². The summed E-state index contributed by atoms with van der Waals surface area (Å²) in [5, 5.41) is 0. The standard InChI is InChI=1S/C14H19FO3/c1-4-17-14(18-5-2)10(3)13(16)11-6-8-12(15)9-7-11/h6-10,14H,4-5H2,1-3H3. The molecule has 0 spiro atoms. The highest BCUT2D eigenvalue weighted by Gasteiger charge is 2.25. The van der Waals surface area contributed by atoms with E-state index in [-0.39, 0.29) is 11.6 Å². The minimum atomic E-state index is -0.558. The largest absolute Gasteiger partial charge is 0.352 e. The minimum Gasteiger partial charge on any atom is -0.352 e. The second-order valence-electron chi connectivity index (χ2n) is 3.94. The van der Waals surface area contributed by atoms with Crippen molar-refractivity contribution in [3.63, 3.8) is 0 Å². The third-order valence-corrected chi connectivity index (χ3v) is 2.61. The Balaban J connectivity index is 2.77. The summed E-state index contributed by atoms with van der Waals surface area (Å²) in [6.07, 6.45) is -0.558. The molecule has 1 aromatic rings. The van der Waals surface area contributed by atoms with Gasteiger partial charge in [-0.15, -0.1) is 0 Å². The van der Waals surface area contributed by atoms with E-state index in [1.54, 1.807) is 6.92 Å². The number of carbonyl (C=O) groups is 1. The van der Waals surface area contributed by atoms with Gasteiger partial charge in [0.25, 0.3) is 0 Å². The number of rotatable bonds is 7. The predicted octanol–water partition coefficient (Wildman–Crippen LogP) is 3.04. The molecule has 0 aromatic heterocycles. The van der Waals surface area contributed by atoms with Crippen molar-refractivity contribution >= 4 is 5.78 Å². The summed E-state index contributed by atoms with van der Waals surface area (Å²) < 4.78 is 23.6. The van der Waals surface area contributed by atoms with E-state index in [1.807, 2.05) is 13.8 Å². The zero-order valence-electron chi connectivity index (χ0n) is 11.0. The van der Waals surface area contributed by atoms with E-state index in [9.17, 15) is 9.18 Å². The molecule has 0 saturated heterocycles. The van der Waals surface area contributed by atoms with E-state index in [0.29, 0.717) is 18.8 Å². The van der Waals surface area contributed by atoms with Gasteiger partial charge in [-0.25, -0.2) is 4.39 Å². The molecule has 0 saturated carbocycles. The molecule has 1 unspecified atom stereocenters. The first-order chi connectivity index (χ1) is 8.60. The van der Waals surface area contributed by atoms with E-state index < -0.39 is 12.2 Å². The maximum absolute atomic E-state index is 12.8. The third kappa shape index (κ3) is 3.89. The van der Waals surface area contributed by atoms with Crippen LogP contribution in [0.1, 0.15) is 31.1 Å². The lowest BCUT2D eigenvalue weighted by Crippen LogP contribution is -2.31. The van der Waals surface area contributed by atoms with Crippen molar-refractivity contribution in [2.45, 2.75) is 27.1 Å². The SMILES string of the molecule is CCOC(OCC)C(C)C(=O)c1ccc(F)cc1. The van der Waals surface area contributed by atoms with E-state index in [0.717, 1.165) is 0 Å². The number of ether oxygens (including phenoxy) is 2. The van der Waals surface area contributed by atoms with Crippen LogP contribution in [0.4, 0.5) is 4.39 Å². The van der Waals surface area contributed by atoms with Gasteiger partial charge in [-0.05, 0) is 38.1 Å². The molecule has 4 heteroatoms. The van der Waals surface area contributed by atoms with Gasteiger partial charge in [0.15, 0.2) is 12.1 Å². The van der Waals surface area contributed by atoms with Crippen LogP contribution in [0.2, 0.25) is 0 Å². The second-order valence-corrected chi connectivity index (χ2v) is 3.94. The van der Waals surface area contributed by atoms with Gasteiger partial charge in [0, 0.05) is 18.8 Å². The van der Waals surface area contributed by atoms with Gasteiger partial charge >= 0.3 is 0 Å². The Kier molecular flexibility index (Phi) is 5.95. The van der Waals surface area contributed by atoms with Crippen molar-refractivity contribution in [1.29, 1.82) is 0 Å². The first-order valence-electron chi connectivity index (χ1n) is 6.13. The summed E-state index contributed by atoms with van der Waals surface area (Å²) in [7, 11) is 0. The summed E-state index contributed by atoms with van der Waals surface area (Å²) in [4.78, 5) is 12.2. The van der Waals surface area contributed by atoms with Gasteiger partial charge in [-0.3, -0.25) is 4.79 Å². The first-order valence-corrected chi connectivity index (χ1v) is 6.13. The van der Waals surface area contributed by atoms with Crippen LogP contribution in [-0.2, 0) is 9.47 Å². The van der Waals surface area contributed by atoms with Crippen LogP contribution >= 0.6 is 0 Å². The Morgan fingerprint density at radius 2 is 1.67 bits per heavy atom. The molecule has 3 nitrogen and oxygen atoms in total. The lowest BCUT2D eigenvalue weighted by atomic mass is 9.99. The molecule has 0 radical (unpaired) electrons. The molecule has 1 atom stereocenters. The number of Topliss-reactive ketones (excluding diaryl/α,β-unsaturated/α-hetero) is 1. The maximum atomic E-state index is 12.8. The van der Waals surface area contributed by atoms with Crippen LogP contribution in [0, 0.1) is 11.7 Å². The molecule has 0 aliphatic rings. The molecule has 18 heavy (non-hydrogen) atoms. The lowest BCUT2D eigenvalue weighted by Gasteiger charge is -2.22. The predicted molar refractivity (Wildman–Crippen MR) is 66.9 cm³/mol.